The minimum absolute atomic E-state index is 0.0835. The topological polar surface area (TPSA) is 84.5 Å². The van der Waals surface area contributed by atoms with Gasteiger partial charge in [-0.3, -0.25) is 9.52 Å². The number of amides is 1. The number of hydrogen-bond donors (Lipinski definition) is 2. The van der Waals surface area contributed by atoms with Crippen LogP contribution in [0, 0.1) is 12.7 Å². The molecule has 1 amide bonds. The van der Waals surface area contributed by atoms with E-state index in [4.69, 9.17) is 16.3 Å². The average molecular weight is 463 g/mol. The van der Waals surface area contributed by atoms with Crippen LogP contribution in [0.5, 0.6) is 5.75 Å². The van der Waals surface area contributed by atoms with Crippen molar-refractivity contribution in [2.45, 2.75) is 24.8 Å². The third-order valence-electron chi connectivity index (χ3n) is 4.36. The summed E-state index contributed by atoms with van der Waals surface area (Å²) >= 11 is 5.83. The number of rotatable bonds is 7. The predicted molar refractivity (Wildman–Crippen MR) is 119 cm³/mol. The number of nitrogens with one attached hydrogen (secondary N) is 2. The van der Waals surface area contributed by atoms with Crippen molar-refractivity contribution in [1.82, 2.24) is 0 Å². The number of halogens is 2. The summed E-state index contributed by atoms with van der Waals surface area (Å²) in [5.41, 5.74) is 0.532. The molecule has 1 atom stereocenters. The van der Waals surface area contributed by atoms with Gasteiger partial charge in [0.05, 0.1) is 10.6 Å². The maximum absolute atomic E-state index is 13.9. The summed E-state index contributed by atoms with van der Waals surface area (Å²) in [7, 11) is -4.08. The normalized spacial score (nSPS) is 12.1. The molecule has 3 aromatic carbocycles. The second kappa shape index (κ2) is 9.36. The Kier molecular flexibility index (Phi) is 6.82. The lowest BCUT2D eigenvalue weighted by atomic mass is 10.2. The van der Waals surface area contributed by atoms with E-state index in [1.807, 2.05) is 0 Å². The zero-order valence-corrected chi connectivity index (χ0v) is 18.3. The number of carbonyl (C=O) groups excluding carboxylic acids is 1. The van der Waals surface area contributed by atoms with Crippen LogP contribution in [-0.2, 0) is 14.8 Å². The van der Waals surface area contributed by atoms with E-state index in [1.54, 1.807) is 50.2 Å². The number of ether oxygens (including phenoxy) is 1. The molecule has 162 valence electrons. The van der Waals surface area contributed by atoms with Gasteiger partial charge in [-0.05, 0) is 67.9 Å². The summed E-state index contributed by atoms with van der Waals surface area (Å²) in [4.78, 5) is 12.4. The molecule has 1 unspecified atom stereocenters. The highest BCUT2D eigenvalue weighted by Crippen LogP contribution is 2.24. The molecule has 9 heteroatoms. The van der Waals surface area contributed by atoms with E-state index >= 15 is 0 Å². The standard InChI is InChI=1S/C22H20ClFN2O4S/c1-14-7-10-17(25-22(27)15(2)30-18-11-8-16(23)9-12-18)13-21(14)31(28,29)26-20-6-4-3-5-19(20)24/h3-13,15,26H,1-2H3,(H,25,27). The summed E-state index contributed by atoms with van der Waals surface area (Å²) in [6.45, 7) is 3.17. The van der Waals surface area contributed by atoms with Gasteiger partial charge in [0.15, 0.2) is 6.10 Å². The van der Waals surface area contributed by atoms with E-state index < -0.39 is 27.9 Å². The molecule has 0 spiro atoms. The van der Waals surface area contributed by atoms with Gasteiger partial charge in [-0.15, -0.1) is 0 Å². The fourth-order valence-electron chi connectivity index (χ4n) is 2.73. The lowest BCUT2D eigenvalue weighted by Gasteiger charge is -2.16. The summed E-state index contributed by atoms with van der Waals surface area (Å²) in [5, 5.41) is 3.18. The molecular formula is C22H20ClFN2O4S. The van der Waals surface area contributed by atoms with Gasteiger partial charge < -0.3 is 10.1 Å². The van der Waals surface area contributed by atoms with Crippen LogP contribution in [0.3, 0.4) is 0 Å². The van der Waals surface area contributed by atoms with E-state index in [9.17, 15) is 17.6 Å². The third kappa shape index (κ3) is 5.74. The molecule has 0 aromatic heterocycles. The Bertz CT molecular complexity index is 1200. The minimum Gasteiger partial charge on any atom is -0.481 e. The number of para-hydroxylation sites is 1. The van der Waals surface area contributed by atoms with Crippen molar-refractivity contribution in [2.75, 3.05) is 10.0 Å². The Morgan fingerprint density at radius 3 is 2.42 bits per heavy atom. The van der Waals surface area contributed by atoms with Gasteiger partial charge in [-0.25, -0.2) is 12.8 Å². The molecule has 31 heavy (non-hydrogen) atoms. The molecule has 0 bridgehead atoms. The monoisotopic (exact) mass is 462 g/mol. The second-order valence-corrected chi connectivity index (χ2v) is 8.86. The van der Waals surface area contributed by atoms with Gasteiger partial charge in [-0.2, -0.15) is 0 Å². The second-order valence-electron chi connectivity index (χ2n) is 6.77. The maximum atomic E-state index is 13.9. The highest BCUT2D eigenvalue weighted by molar-refractivity contribution is 7.92. The minimum atomic E-state index is -4.08. The molecule has 0 radical (unpaired) electrons. The van der Waals surface area contributed by atoms with Crippen molar-refractivity contribution in [3.05, 3.63) is 83.1 Å². The number of aryl methyl sites for hydroxylation is 1. The Labute approximate surface area is 185 Å². The van der Waals surface area contributed by atoms with E-state index in [1.165, 1.54) is 24.3 Å². The van der Waals surface area contributed by atoms with Crippen LogP contribution in [0.1, 0.15) is 12.5 Å². The number of sulfonamides is 1. The fourth-order valence-corrected chi connectivity index (χ4v) is 4.19. The molecule has 0 fully saturated rings. The van der Waals surface area contributed by atoms with Gasteiger partial charge in [0, 0.05) is 10.7 Å². The van der Waals surface area contributed by atoms with E-state index in [2.05, 4.69) is 10.0 Å². The lowest BCUT2D eigenvalue weighted by molar-refractivity contribution is -0.122. The molecule has 0 heterocycles. The van der Waals surface area contributed by atoms with Crippen LogP contribution in [-0.4, -0.2) is 20.4 Å². The third-order valence-corrected chi connectivity index (χ3v) is 6.12. The summed E-state index contributed by atoms with van der Waals surface area (Å²) in [6, 6.07) is 16.4. The van der Waals surface area contributed by atoms with Crippen LogP contribution in [0.15, 0.2) is 71.6 Å². The van der Waals surface area contributed by atoms with Crippen molar-refractivity contribution in [3.63, 3.8) is 0 Å². The molecule has 3 aromatic rings. The van der Waals surface area contributed by atoms with Crippen molar-refractivity contribution < 1.29 is 22.3 Å². The van der Waals surface area contributed by atoms with Crippen molar-refractivity contribution in [1.29, 1.82) is 0 Å². The maximum Gasteiger partial charge on any atom is 0.265 e. The SMILES string of the molecule is Cc1ccc(NC(=O)C(C)Oc2ccc(Cl)cc2)cc1S(=O)(=O)Nc1ccccc1F. The first-order valence-corrected chi connectivity index (χ1v) is 11.1. The van der Waals surface area contributed by atoms with Gasteiger partial charge in [0.25, 0.3) is 15.9 Å². The zero-order valence-electron chi connectivity index (χ0n) is 16.7. The quantitative estimate of drug-likeness (QED) is 0.517. The predicted octanol–water partition coefficient (Wildman–Crippen LogP) is 4.99. The molecule has 0 aliphatic rings. The van der Waals surface area contributed by atoms with Gasteiger partial charge in [0.2, 0.25) is 0 Å². The van der Waals surface area contributed by atoms with Crippen molar-refractivity contribution in [2.24, 2.45) is 0 Å². The lowest BCUT2D eigenvalue weighted by Crippen LogP contribution is -2.30. The van der Waals surface area contributed by atoms with Gasteiger partial charge >= 0.3 is 0 Å². The van der Waals surface area contributed by atoms with E-state index in [-0.39, 0.29) is 16.3 Å². The Hall–Kier alpha value is -3.10. The molecule has 6 nitrogen and oxygen atoms in total. The molecule has 3 rings (SSSR count). The molecule has 0 saturated carbocycles. The molecule has 0 aliphatic heterocycles. The summed E-state index contributed by atoms with van der Waals surface area (Å²) < 4.78 is 47.3. The van der Waals surface area contributed by atoms with E-state index in [0.29, 0.717) is 16.3 Å². The number of hydrogen-bond acceptors (Lipinski definition) is 4. The van der Waals surface area contributed by atoms with Gasteiger partial charge in [0.1, 0.15) is 11.6 Å². The zero-order chi connectivity index (χ0) is 22.6. The molecule has 2 N–H and O–H groups in total. The molecular weight excluding hydrogens is 443 g/mol. The van der Waals surface area contributed by atoms with Crippen LogP contribution in [0.2, 0.25) is 5.02 Å². The molecule has 0 saturated heterocycles. The molecule has 0 aliphatic carbocycles. The number of benzene rings is 3. The smallest absolute Gasteiger partial charge is 0.265 e. The van der Waals surface area contributed by atoms with Crippen LogP contribution < -0.4 is 14.8 Å². The van der Waals surface area contributed by atoms with Crippen LogP contribution >= 0.6 is 11.6 Å². The number of anilines is 2. The van der Waals surface area contributed by atoms with Crippen LogP contribution in [0.4, 0.5) is 15.8 Å². The van der Waals surface area contributed by atoms with E-state index in [0.717, 1.165) is 6.07 Å². The average Bonchev–Trinajstić information content (AvgIpc) is 2.72. The first-order valence-electron chi connectivity index (χ1n) is 9.27. The number of carbonyl (C=O) groups is 1. The van der Waals surface area contributed by atoms with Crippen molar-refractivity contribution >= 4 is 38.9 Å². The highest BCUT2D eigenvalue weighted by atomic mass is 35.5. The van der Waals surface area contributed by atoms with Crippen LogP contribution in [0.25, 0.3) is 0 Å². The highest BCUT2D eigenvalue weighted by Gasteiger charge is 2.21. The summed E-state index contributed by atoms with van der Waals surface area (Å²) in [5.74, 6) is -0.695. The largest absolute Gasteiger partial charge is 0.481 e. The van der Waals surface area contributed by atoms with Crippen molar-refractivity contribution in [3.8, 4) is 5.75 Å². The Morgan fingerprint density at radius 1 is 1.06 bits per heavy atom. The van der Waals surface area contributed by atoms with Gasteiger partial charge in [-0.1, -0.05) is 29.8 Å². The first-order chi connectivity index (χ1) is 14.7. The first kappa shape index (κ1) is 22.6. The fraction of sp³-hybridized carbons (Fsp3) is 0.136. The Balaban J connectivity index is 1.76. The summed E-state index contributed by atoms with van der Waals surface area (Å²) in [6.07, 6.45) is -0.848. The Morgan fingerprint density at radius 2 is 1.74 bits per heavy atom.